The summed E-state index contributed by atoms with van der Waals surface area (Å²) in [5, 5.41) is 3.86. The topological polar surface area (TPSA) is 15.3 Å². The summed E-state index contributed by atoms with van der Waals surface area (Å²) in [6, 6.07) is 0.720. The van der Waals surface area contributed by atoms with E-state index in [1.165, 1.54) is 64.7 Å². The van der Waals surface area contributed by atoms with Crippen molar-refractivity contribution in [3.63, 3.8) is 0 Å². The molecule has 0 heterocycles. The van der Waals surface area contributed by atoms with E-state index in [0.29, 0.717) is 5.41 Å². The number of nitrogens with one attached hydrogen (secondary N) is 1. The van der Waals surface area contributed by atoms with Gasteiger partial charge in [-0.05, 0) is 62.4 Å². The van der Waals surface area contributed by atoms with E-state index in [9.17, 15) is 0 Å². The molecule has 0 aromatic rings. The summed E-state index contributed by atoms with van der Waals surface area (Å²) in [4.78, 5) is 2.73. The lowest BCUT2D eigenvalue weighted by Gasteiger charge is -2.37. The van der Waals surface area contributed by atoms with Gasteiger partial charge in [-0.1, -0.05) is 34.1 Å². The van der Waals surface area contributed by atoms with E-state index in [0.717, 1.165) is 17.9 Å². The molecule has 0 aliphatic heterocycles. The van der Waals surface area contributed by atoms with Crippen LogP contribution in [-0.2, 0) is 0 Å². The Balaban J connectivity index is 1.87. The maximum Gasteiger partial charge on any atom is 0.0159 e. The molecule has 2 fully saturated rings. The van der Waals surface area contributed by atoms with Crippen LogP contribution in [0.1, 0.15) is 66.2 Å². The van der Waals surface area contributed by atoms with Crippen molar-refractivity contribution in [2.24, 2.45) is 17.3 Å². The van der Waals surface area contributed by atoms with E-state index in [1.54, 1.807) is 0 Å². The Hall–Kier alpha value is -0.0800. The van der Waals surface area contributed by atoms with Crippen LogP contribution in [0.5, 0.6) is 0 Å². The minimum Gasteiger partial charge on any atom is -0.313 e. The first-order chi connectivity index (χ1) is 9.56. The molecule has 0 aromatic heterocycles. The van der Waals surface area contributed by atoms with Gasteiger partial charge in [-0.2, -0.15) is 0 Å². The molecule has 0 spiro atoms. The molecule has 0 saturated heterocycles. The predicted octanol–water partition coefficient (Wildman–Crippen LogP) is 3.91. The molecule has 2 nitrogen and oxygen atoms in total. The summed E-state index contributed by atoms with van der Waals surface area (Å²) in [5.74, 6) is 1.86. The lowest BCUT2D eigenvalue weighted by Crippen LogP contribution is -2.46. The highest BCUT2D eigenvalue weighted by molar-refractivity contribution is 4.97. The smallest absolute Gasteiger partial charge is 0.0159 e. The normalized spacial score (nSPS) is 29.9. The van der Waals surface area contributed by atoms with Crippen molar-refractivity contribution in [2.45, 2.75) is 72.3 Å². The van der Waals surface area contributed by atoms with Crippen molar-refractivity contribution in [1.82, 2.24) is 10.2 Å². The van der Waals surface area contributed by atoms with Gasteiger partial charge in [-0.15, -0.1) is 0 Å². The van der Waals surface area contributed by atoms with Gasteiger partial charge in [0.2, 0.25) is 0 Å². The number of nitrogens with zero attached hydrogens (tertiary/aromatic N) is 1. The third-order valence-corrected chi connectivity index (χ3v) is 5.77. The Morgan fingerprint density at radius 3 is 2.40 bits per heavy atom. The number of hydrogen-bond donors (Lipinski definition) is 1. The monoisotopic (exact) mass is 280 g/mol. The Labute approximate surface area is 126 Å². The average Bonchev–Trinajstić information content (AvgIpc) is 2.64. The van der Waals surface area contributed by atoms with Crippen molar-refractivity contribution < 1.29 is 0 Å². The fourth-order valence-electron chi connectivity index (χ4n) is 4.16. The summed E-state index contributed by atoms with van der Waals surface area (Å²) in [6.45, 7) is 14.6. The van der Waals surface area contributed by atoms with E-state index in [2.05, 4.69) is 37.9 Å². The standard InChI is InChI=1S/C18H36N2/c1-5-12-19-17-16(10-11-18(17,3)4)14-20(6-2)13-15-8-7-9-15/h15-17,19H,5-14H2,1-4H3. The molecule has 2 atom stereocenters. The maximum atomic E-state index is 3.86. The van der Waals surface area contributed by atoms with Gasteiger partial charge in [-0.3, -0.25) is 0 Å². The molecule has 2 rings (SSSR count). The van der Waals surface area contributed by atoms with Gasteiger partial charge in [0.05, 0.1) is 0 Å². The van der Waals surface area contributed by atoms with Crippen LogP contribution in [0.15, 0.2) is 0 Å². The zero-order chi connectivity index (χ0) is 14.6. The molecule has 20 heavy (non-hydrogen) atoms. The van der Waals surface area contributed by atoms with Crippen molar-refractivity contribution >= 4 is 0 Å². The molecule has 2 aliphatic rings. The van der Waals surface area contributed by atoms with Crippen LogP contribution in [0, 0.1) is 17.3 Å². The Morgan fingerprint density at radius 2 is 1.85 bits per heavy atom. The molecule has 2 aliphatic carbocycles. The first kappa shape index (κ1) is 16.3. The SMILES string of the molecule is CCCNC1C(CN(CC)CC2CCC2)CCC1(C)C. The predicted molar refractivity (Wildman–Crippen MR) is 88.0 cm³/mol. The molecule has 0 bridgehead atoms. The first-order valence-corrected chi connectivity index (χ1v) is 9.02. The molecule has 0 aromatic carbocycles. The Bertz CT molecular complexity index is 283. The van der Waals surface area contributed by atoms with Crippen LogP contribution in [0.25, 0.3) is 0 Å². The molecular formula is C18H36N2. The number of rotatable bonds is 8. The van der Waals surface area contributed by atoms with Crippen LogP contribution in [0.2, 0.25) is 0 Å². The van der Waals surface area contributed by atoms with Gasteiger partial charge in [0.25, 0.3) is 0 Å². The van der Waals surface area contributed by atoms with E-state index >= 15 is 0 Å². The highest BCUT2D eigenvalue weighted by Gasteiger charge is 2.41. The maximum absolute atomic E-state index is 3.86. The molecule has 118 valence electrons. The van der Waals surface area contributed by atoms with E-state index in [-0.39, 0.29) is 0 Å². The van der Waals surface area contributed by atoms with Crippen LogP contribution in [0.4, 0.5) is 0 Å². The highest BCUT2D eigenvalue weighted by Crippen LogP contribution is 2.42. The highest BCUT2D eigenvalue weighted by atomic mass is 15.1. The summed E-state index contributed by atoms with van der Waals surface area (Å²) in [7, 11) is 0. The van der Waals surface area contributed by atoms with Gasteiger partial charge in [-0.25, -0.2) is 0 Å². The third-order valence-electron chi connectivity index (χ3n) is 5.77. The Morgan fingerprint density at radius 1 is 1.10 bits per heavy atom. The quantitative estimate of drug-likeness (QED) is 0.725. The second kappa shape index (κ2) is 7.26. The molecule has 2 heteroatoms. The first-order valence-electron chi connectivity index (χ1n) is 9.02. The van der Waals surface area contributed by atoms with Crippen molar-refractivity contribution in [2.75, 3.05) is 26.2 Å². The fraction of sp³-hybridized carbons (Fsp3) is 1.00. The summed E-state index contributed by atoms with van der Waals surface area (Å²) in [5.41, 5.74) is 0.482. The second-order valence-corrected chi connectivity index (χ2v) is 7.87. The van der Waals surface area contributed by atoms with Crippen LogP contribution < -0.4 is 5.32 Å². The summed E-state index contributed by atoms with van der Waals surface area (Å²) >= 11 is 0. The minimum atomic E-state index is 0.482. The average molecular weight is 280 g/mol. The van der Waals surface area contributed by atoms with Gasteiger partial charge < -0.3 is 10.2 Å². The van der Waals surface area contributed by atoms with Gasteiger partial charge in [0.15, 0.2) is 0 Å². The summed E-state index contributed by atoms with van der Waals surface area (Å²) < 4.78 is 0. The molecule has 0 amide bonds. The molecular weight excluding hydrogens is 244 g/mol. The number of hydrogen-bond acceptors (Lipinski definition) is 2. The fourth-order valence-corrected chi connectivity index (χ4v) is 4.16. The van der Waals surface area contributed by atoms with Crippen LogP contribution in [0.3, 0.4) is 0 Å². The van der Waals surface area contributed by atoms with Gasteiger partial charge in [0.1, 0.15) is 0 Å². The van der Waals surface area contributed by atoms with E-state index < -0.39 is 0 Å². The van der Waals surface area contributed by atoms with Crippen molar-refractivity contribution in [1.29, 1.82) is 0 Å². The molecule has 1 N–H and O–H groups in total. The van der Waals surface area contributed by atoms with Gasteiger partial charge in [0, 0.05) is 19.1 Å². The van der Waals surface area contributed by atoms with Crippen molar-refractivity contribution in [3.05, 3.63) is 0 Å². The summed E-state index contributed by atoms with van der Waals surface area (Å²) in [6.07, 6.45) is 8.47. The van der Waals surface area contributed by atoms with Crippen LogP contribution >= 0.6 is 0 Å². The minimum absolute atomic E-state index is 0.482. The molecule has 0 radical (unpaired) electrons. The zero-order valence-electron chi connectivity index (χ0n) is 14.3. The van der Waals surface area contributed by atoms with E-state index in [1.807, 2.05) is 0 Å². The van der Waals surface area contributed by atoms with Gasteiger partial charge >= 0.3 is 0 Å². The Kier molecular flexibility index (Phi) is 5.92. The largest absolute Gasteiger partial charge is 0.313 e. The molecule has 2 saturated carbocycles. The third kappa shape index (κ3) is 3.98. The van der Waals surface area contributed by atoms with E-state index in [4.69, 9.17) is 0 Å². The lowest BCUT2D eigenvalue weighted by molar-refractivity contribution is 0.144. The second-order valence-electron chi connectivity index (χ2n) is 7.87. The van der Waals surface area contributed by atoms with Crippen molar-refractivity contribution in [3.8, 4) is 0 Å². The lowest BCUT2D eigenvalue weighted by atomic mass is 9.83. The molecule has 2 unspecified atom stereocenters. The zero-order valence-corrected chi connectivity index (χ0v) is 14.3. The van der Waals surface area contributed by atoms with Crippen LogP contribution in [-0.4, -0.2) is 37.1 Å².